The van der Waals surface area contributed by atoms with Gasteiger partial charge in [0.1, 0.15) is 23.0 Å². The molecule has 2 heterocycles. The normalized spacial score (nSPS) is 12.8. The van der Waals surface area contributed by atoms with Gasteiger partial charge in [-0.2, -0.15) is 0 Å². The predicted octanol–water partition coefficient (Wildman–Crippen LogP) is 13.7. The van der Waals surface area contributed by atoms with E-state index < -0.39 is 8.07 Å². The Hall–Kier alpha value is -6.16. The summed E-state index contributed by atoms with van der Waals surface area (Å²) < 4.78 is 13.3. The van der Waals surface area contributed by atoms with Crippen molar-refractivity contribution in [1.29, 1.82) is 0 Å². The minimum absolute atomic E-state index is 0.902. The van der Waals surface area contributed by atoms with Gasteiger partial charge in [0.05, 0.1) is 8.07 Å². The zero-order valence-corrected chi connectivity index (χ0v) is 30.3. The molecular formula is C49H34O2Si. The lowest BCUT2D eigenvalue weighted by Crippen LogP contribution is -2.38. The Kier molecular flexibility index (Phi) is 6.07. The van der Waals surface area contributed by atoms with Crippen LogP contribution in [-0.4, -0.2) is 8.07 Å². The van der Waals surface area contributed by atoms with Gasteiger partial charge in [-0.05, 0) is 96.0 Å². The van der Waals surface area contributed by atoms with Crippen LogP contribution in [0.4, 0.5) is 0 Å². The summed E-state index contributed by atoms with van der Waals surface area (Å²) in [5.41, 5.74) is 9.56. The van der Waals surface area contributed by atoms with Crippen molar-refractivity contribution in [3.8, 4) is 67.5 Å². The molecule has 0 saturated carbocycles. The molecule has 0 unspecified atom stereocenters. The van der Waals surface area contributed by atoms with Crippen LogP contribution in [0, 0.1) is 0 Å². The summed E-state index contributed by atoms with van der Waals surface area (Å²) in [4.78, 5) is 0. The summed E-state index contributed by atoms with van der Waals surface area (Å²) in [5.74, 6) is 3.65. The van der Waals surface area contributed by atoms with Crippen molar-refractivity contribution >= 4 is 56.4 Å². The van der Waals surface area contributed by atoms with Crippen LogP contribution >= 0.6 is 0 Å². The predicted molar refractivity (Wildman–Crippen MR) is 221 cm³/mol. The van der Waals surface area contributed by atoms with E-state index in [2.05, 4.69) is 165 Å². The van der Waals surface area contributed by atoms with Crippen LogP contribution in [0.25, 0.3) is 87.6 Å². The summed E-state index contributed by atoms with van der Waals surface area (Å²) in [6.07, 6.45) is 0. The molecule has 246 valence electrons. The molecule has 0 amide bonds. The van der Waals surface area contributed by atoms with E-state index in [-0.39, 0.29) is 0 Å². The molecule has 9 aromatic rings. The second kappa shape index (κ2) is 10.7. The van der Waals surface area contributed by atoms with Crippen molar-refractivity contribution in [2.24, 2.45) is 0 Å². The Morgan fingerprint density at radius 3 is 1.62 bits per heavy atom. The Balaban J connectivity index is 1.15. The molecule has 0 bridgehead atoms. The first-order valence-electron chi connectivity index (χ1n) is 18.1. The molecule has 52 heavy (non-hydrogen) atoms. The minimum Gasteiger partial charge on any atom is -0.456 e. The van der Waals surface area contributed by atoms with E-state index in [1.54, 1.807) is 0 Å². The molecule has 11 rings (SSSR count). The van der Waals surface area contributed by atoms with Gasteiger partial charge in [-0.25, -0.2) is 0 Å². The van der Waals surface area contributed by atoms with E-state index >= 15 is 0 Å². The molecule has 0 aliphatic carbocycles. The fourth-order valence-electron chi connectivity index (χ4n) is 8.97. The van der Waals surface area contributed by atoms with Gasteiger partial charge in [0, 0.05) is 21.9 Å². The number of hydrogen-bond donors (Lipinski definition) is 0. The van der Waals surface area contributed by atoms with Crippen molar-refractivity contribution in [2.45, 2.75) is 19.6 Å². The third kappa shape index (κ3) is 4.11. The summed E-state index contributed by atoms with van der Waals surface area (Å²) >= 11 is 0. The highest BCUT2D eigenvalue weighted by Crippen LogP contribution is 2.53. The molecule has 0 saturated heterocycles. The highest BCUT2D eigenvalue weighted by atomic mass is 28.3. The lowest BCUT2D eigenvalue weighted by atomic mass is 9.83. The van der Waals surface area contributed by atoms with Crippen LogP contribution in [0.5, 0.6) is 23.0 Å². The molecule has 0 aromatic heterocycles. The first-order valence-corrected chi connectivity index (χ1v) is 21.6. The zero-order valence-electron chi connectivity index (χ0n) is 29.3. The monoisotopic (exact) mass is 682 g/mol. The van der Waals surface area contributed by atoms with Crippen molar-refractivity contribution in [2.75, 3.05) is 0 Å². The van der Waals surface area contributed by atoms with Gasteiger partial charge < -0.3 is 9.47 Å². The number of ether oxygens (including phenoxy) is 2. The van der Waals surface area contributed by atoms with Crippen LogP contribution in [0.3, 0.4) is 0 Å². The van der Waals surface area contributed by atoms with Crippen molar-refractivity contribution in [3.63, 3.8) is 0 Å². The van der Waals surface area contributed by atoms with E-state index in [9.17, 15) is 0 Å². The lowest BCUT2D eigenvalue weighted by Gasteiger charge is -2.26. The molecule has 3 heteroatoms. The number of rotatable bonds is 3. The third-order valence-electron chi connectivity index (χ3n) is 11.2. The zero-order chi connectivity index (χ0) is 34.7. The van der Waals surface area contributed by atoms with Gasteiger partial charge in [-0.3, -0.25) is 0 Å². The van der Waals surface area contributed by atoms with Crippen LogP contribution in [0.1, 0.15) is 0 Å². The molecule has 0 fully saturated rings. The number of hydrogen-bond acceptors (Lipinski definition) is 2. The van der Waals surface area contributed by atoms with Crippen molar-refractivity contribution in [3.05, 3.63) is 152 Å². The molecule has 0 radical (unpaired) electrons. The fraction of sp³-hybridized carbons (Fsp3) is 0.0612. The highest BCUT2D eigenvalue weighted by Gasteiger charge is 2.27. The third-order valence-corrected chi connectivity index (χ3v) is 13.2. The fourth-order valence-corrected chi connectivity index (χ4v) is 10.6. The summed E-state index contributed by atoms with van der Waals surface area (Å²) in [6.45, 7) is 7.25. The minimum atomic E-state index is -1.55. The number of benzene rings is 9. The second-order valence-electron chi connectivity index (χ2n) is 15.2. The first kappa shape index (κ1) is 29.6. The quantitative estimate of drug-likeness (QED) is 0.136. The van der Waals surface area contributed by atoms with Crippen LogP contribution in [-0.2, 0) is 0 Å². The molecule has 2 nitrogen and oxygen atoms in total. The Morgan fingerprint density at radius 1 is 0.346 bits per heavy atom. The van der Waals surface area contributed by atoms with Gasteiger partial charge in [-0.15, -0.1) is 0 Å². The van der Waals surface area contributed by atoms with E-state index in [4.69, 9.17) is 9.47 Å². The van der Waals surface area contributed by atoms with E-state index in [0.717, 1.165) is 45.1 Å². The van der Waals surface area contributed by atoms with Gasteiger partial charge in [-0.1, -0.05) is 146 Å². The summed E-state index contributed by atoms with van der Waals surface area (Å²) in [6, 6.07) is 55.2. The molecular weight excluding hydrogens is 649 g/mol. The maximum absolute atomic E-state index is 6.81. The number of fused-ring (bicyclic) bond motifs is 6. The van der Waals surface area contributed by atoms with Gasteiger partial charge in [0.25, 0.3) is 0 Å². The summed E-state index contributed by atoms with van der Waals surface area (Å²) in [7, 11) is -1.55. The van der Waals surface area contributed by atoms with Crippen LogP contribution in [0.15, 0.2) is 152 Å². The van der Waals surface area contributed by atoms with Gasteiger partial charge in [0.15, 0.2) is 0 Å². The standard InChI is InChI=1S/C49H34O2Si/c1-52(2,3)45-27-26-43-49-32(17-10-19-40(45)49)31-23-22-29(28-44(31)51-43)46-33-13-4-6-15-35(33)47(36-16-7-5-14-34(36)46)39-25-24-38-30-12-8-9-20-41(30)50-42-21-11-18-37(39)48(38)42/h4-28H,1-3H3. The lowest BCUT2D eigenvalue weighted by molar-refractivity contribution is 0.487. The molecule has 0 atom stereocenters. The van der Waals surface area contributed by atoms with Gasteiger partial charge in [0.2, 0.25) is 0 Å². The molecule has 0 N–H and O–H groups in total. The Bertz CT molecular complexity index is 2950. The highest BCUT2D eigenvalue weighted by molar-refractivity contribution is 6.90. The average molecular weight is 683 g/mol. The van der Waals surface area contributed by atoms with E-state index in [1.807, 2.05) is 6.07 Å². The molecule has 2 aliphatic heterocycles. The maximum Gasteiger partial charge on any atom is 0.135 e. The van der Waals surface area contributed by atoms with Gasteiger partial charge >= 0.3 is 0 Å². The SMILES string of the molecule is C[Si](C)(C)c1ccc2c3c(cccc13)-c1ccc(-c3c4ccccc4c(-c4ccc5c6c(cccc46)Oc4ccccc4-5)c4ccccc34)cc1O2. The molecule has 0 spiro atoms. The topological polar surface area (TPSA) is 18.5 Å². The average Bonchev–Trinajstić information content (AvgIpc) is 3.17. The van der Waals surface area contributed by atoms with E-state index in [1.165, 1.54) is 70.7 Å². The Morgan fingerprint density at radius 2 is 0.846 bits per heavy atom. The summed E-state index contributed by atoms with van der Waals surface area (Å²) in [5, 5.41) is 11.3. The van der Waals surface area contributed by atoms with Crippen molar-refractivity contribution < 1.29 is 9.47 Å². The number of para-hydroxylation sites is 1. The van der Waals surface area contributed by atoms with Crippen molar-refractivity contribution in [1.82, 2.24) is 0 Å². The molecule has 9 aromatic carbocycles. The van der Waals surface area contributed by atoms with Crippen LogP contribution in [0.2, 0.25) is 19.6 Å². The second-order valence-corrected chi connectivity index (χ2v) is 20.2. The molecule has 2 aliphatic rings. The largest absolute Gasteiger partial charge is 0.456 e. The smallest absolute Gasteiger partial charge is 0.135 e. The maximum atomic E-state index is 6.81. The van der Waals surface area contributed by atoms with Crippen LogP contribution < -0.4 is 14.7 Å². The van der Waals surface area contributed by atoms with E-state index in [0.29, 0.717) is 0 Å². The first-order chi connectivity index (χ1) is 25.4. The Labute approximate surface area is 303 Å².